The summed E-state index contributed by atoms with van der Waals surface area (Å²) in [6, 6.07) is 5.27. The summed E-state index contributed by atoms with van der Waals surface area (Å²) < 4.78 is 10.8. The largest absolute Gasteiger partial charge is 0.492 e. The van der Waals surface area contributed by atoms with E-state index >= 15 is 0 Å². The second-order valence-corrected chi connectivity index (χ2v) is 6.41. The number of amidine groups is 1. The van der Waals surface area contributed by atoms with Gasteiger partial charge in [-0.1, -0.05) is 28.9 Å². The normalized spacial score (nSPS) is 12.1. The minimum absolute atomic E-state index is 0.0639. The minimum atomic E-state index is -0.482. The van der Waals surface area contributed by atoms with E-state index in [0.29, 0.717) is 29.4 Å². The summed E-state index contributed by atoms with van der Waals surface area (Å²) in [7, 11) is 0. The monoisotopic (exact) mass is 342 g/mol. The molecule has 0 bridgehead atoms. The van der Waals surface area contributed by atoms with E-state index in [0.717, 1.165) is 0 Å². The summed E-state index contributed by atoms with van der Waals surface area (Å²) in [6.07, 6.45) is 1.03. The first-order valence-electron chi connectivity index (χ1n) is 7.31. The predicted molar refractivity (Wildman–Crippen MR) is 89.1 cm³/mol. The molecular weight excluding hydrogens is 320 g/mol. The van der Waals surface area contributed by atoms with Gasteiger partial charge >= 0.3 is 5.97 Å². The molecule has 6 nitrogen and oxygen atoms in total. The third kappa shape index (κ3) is 7.23. The highest BCUT2D eigenvalue weighted by atomic mass is 35.5. The lowest BCUT2D eigenvalue weighted by atomic mass is 10.1. The average Bonchev–Trinajstić information content (AvgIpc) is 2.45. The van der Waals surface area contributed by atoms with Gasteiger partial charge in [0.2, 0.25) is 0 Å². The van der Waals surface area contributed by atoms with Crippen LogP contribution < -0.4 is 10.5 Å². The molecule has 0 heterocycles. The Bertz CT molecular complexity index is 568. The molecular formula is C16H23ClN2O4. The standard InChI is InChI=1S/C16H23ClN2O4/c1-16(2,3)23-14(20)8-5-9-22-12-7-4-6-11(15(12)17)10-13(18)19-21/h4,6-7,21H,5,8-10H2,1-3H3,(H2,18,19). The summed E-state index contributed by atoms with van der Waals surface area (Å²) in [6.45, 7) is 5.82. The zero-order valence-corrected chi connectivity index (χ0v) is 14.4. The van der Waals surface area contributed by atoms with E-state index in [1.807, 2.05) is 20.8 Å². The summed E-state index contributed by atoms with van der Waals surface area (Å²) in [5, 5.41) is 11.9. The van der Waals surface area contributed by atoms with Gasteiger partial charge in [0, 0.05) is 12.8 Å². The van der Waals surface area contributed by atoms with Gasteiger partial charge in [0.05, 0.1) is 11.6 Å². The van der Waals surface area contributed by atoms with E-state index in [4.69, 9.17) is 32.0 Å². The Hall–Kier alpha value is -1.95. The number of carbonyl (C=O) groups excluding carboxylic acids is 1. The lowest BCUT2D eigenvalue weighted by Crippen LogP contribution is -2.24. The topological polar surface area (TPSA) is 94.1 Å². The molecule has 0 radical (unpaired) electrons. The zero-order chi connectivity index (χ0) is 17.5. The Morgan fingerprint density at radius 1 is 1.39 bits per heavy atom. The van der Waals surface area contributed by atoms with Crippen molar-refractivity contribution in [3.63, 3.8) is 0 Å². The average molecular weight is 343 g/mol. The summed E-state index contributed by atoms with van der Waals surface area (Å²) in [5.74, 6) is 0.306. The fourth-order valence-electron chi connectivity index (χ4n) is 1.83. The molecule has 0 fully saturated rings. The molecule has 0 aliphatic heterocycles. The molecule has 128 valence electrons. The Balaban J connectivity index is 2.49. The highest BCUT2D eigenvalue weighted by molar-refractivity contribution is 6.33. The van der Waals surface area contributed by atoms with Gasteiger partial charge in [-0.25, -0.2) is 0 Å². The highest BCUT2D eigenvalue weighted by Crippen LogP contribution is 2.28. The highest BCUT2D eigenvalue weighted by Gasteiger charge is 2.16. The van der Waals surface area contributed by atoms with Crippen LogP contribution in [0.3, 0.4) is 0 Å². The Morgan fingerprint density at radius 2 is 2.09 bits per heavy atom. The molecule has 7 heteroatoms. The molecule has 0 saturated heterocycles. The van der Waals surface area contributed by atoms with Gasteiger partial charge in [-0.15, -0.1) is 0 Å². The van der Waals surface area contributed by atoms with Crippen molar-refractivity contribution in [3.05, 3.63) is 28.8 Å². The second kappa shape index (κ2) is 8.62. The van der Waals surface area contributed by atoms with Crippen molar-refractivity contribution >= 4 is 23.4 Å². The van der Waals surface area contributed by atoms with Gasteiger partial charge in [-0.05, 0) is 38.8 Å². The van der Waals surface area contributed by atoms with Crippen LogP contribution in [-0.2, 0) is 16.0 Å². The quantitative estimate of drug-likeness (QED) is 0.198. The number of nitrogens with zero attached hydrogens (tertiary/aromatic N) is 1. The van der Waals surface area contributed by atoms with Gasteiger partial charge in [0.25, 0.3) is 0 Å². The number of nitrogens with two attached hydrogens (primary N) is 1. The van der Waals surface area contributed by atoms with Crippen molar-refractivity contribution in [1.29, 1.82) is 0 Å². The molecule has 1 aromatic rings. The number of hydrogen-bond donors (Lipinski definition) is 2. The van der Waals surface area contributed by atoms with Crippen molar-refractivity contribution in [2.24, 2.45) is 10.9 Å². The second-order valence-electron chi connectivity index (χ2n) is 6.04. The van der Waals surface area contributed by atoms with Crippen LogP contribution in [0.1, 0.15) is 39.2 Å². The van der Waals surface area contributed by atoms with Gasteiger partial charge in [-0.2, -0.15) is 0 Å². The van der Waals surface area contributed by atoms with Crippen LogP contribution in [0.15, 0.2) is 23.4 Å². The van der Waals surface area contributed by atoms with Crippen LogP contribution in [0.5, 0.6) is 5.75 Å². The third-order valence-electron chi connectivity index (χ3n) is 2.75. The summed E-state index contributed by atoms with van der Waals surface area (Å²) >= 11 is 6.23. The SMILES string of the molecule is CC(C)(C)OC(=O)CCCOc1cccc(CC(N)=NO)c1Cl. The number of oxime groups is 1. The van der Waals surface area contributed by atoms with Gasteiger partial charge < -0.3 is 20.4 Å². The van der Waals surface area contributed by atoms with Crippen LogP contribution in [-0.4, -0.2) is 29.2 Å². The zero-order valence-electron chi connectivity index (χ0n) is 13.6. The maximum atomic E-state index is 11.6. The maximum absolute atomic E-state index is 11.6. The van der Waals surface area contributed by atoms with Crippen molar-refractivity contribution in [1.82, 2.24) is 0 Å². The molecule has 0 aromatic heterocycles. The predicted octanol–water partition coefficient (Wildman–Crippen LogP) is 3.13. The summed E-state index contributed by atoms with van der Waals surface area (Å²) in [4.78, 5) is 11.6. The van der Waals surface area contributed by atoms with E-state index in [2.05, 4.69) is 5.16 Å². The molecule has 0 amide bonds. The van der Waals surface area contributed by atoms with E-state index in [1.165, 1.54) is 0 Å². The molecule has 0 atom stereocenters. The number of rotatable bonds is 7. The van der Waals surface area contributed by atoms with Crippen LogP contribution in [0, 0.1) is 0 Å². The molecule has 23 heavy (non-hydrogen) atoms. The first-order valence-corrected chi connectivity index (χ1v) is 7.69. The first-order chi connectivity index (χ1) is 10.7. The number of carbonyl (C=O) groups is 1. The number of benzene rings is 1. The molecule has 3 N–H and O–H groups in total. The number of ether oxygens (including phenoxy) is 2. The Kier molecular flexibility index (Phi) is 7.16. The van der Waals surface area contributed by atoms with Crippen molar-refractivity contribution in [3.8, 4) is 5.75 Å². The van der Waals surface area contributed by atoms with E-state index in [1.54, 1.807) is 18.2 Å². The minimum Gasteiger partial charge on any atom is -0.492 e. The molecule has 1 rings (SSSR count). The van der Waals surface area contributed by atoms with E-state index < -0.39 is 5.60 Å². The lowest BCUT2D eigenvalue weighted by molar-refractivity contribution is -0.155. The van der Waals surface area contributed by atoms with Crippen LogP contribution in [0.25, 0.3) is 0 Å². The maximum Gasteiger partial charge on any atom is 0.306 e. The van der Waals surface area contributed by atoms with Crippen molar-refractivity contribution < 1.29 is 19.5 Å². The molecule has 0 saturated carbocycles. The lowest BCUT2D eigenvalue weighted by Gasteiger charge is -2.19. The van der Waals surface area contributed by atoms with Gasteiger partial charge in [-0.3, -0.25) is 4.79 Å². The molecule has 0 unspecified atom stereocenters. The van der Waals surface area contributed by atoms with E-state index in [-0.39, 0.29) is 24.6 Å². The first kappa shape index (κ1) is 19.1. The molecule has 0 spiro atoms. The fraction of sp³-hybridized carbons (Fsp3) is 0.500. The fourth-order valence-corrected chi connectivity index (χ4v) is 2.07. The van der Waals surface area contributed by atoms with E-state index in [9.17, 15) is 4.79 Å². The van der Waals surface area contributed by atoms with Gasteiger partial charge in [0.15, 0.2) is 0 Å². The number of hydrogen-bond acceptors (Lipinski definition) is 5. The number of halogens is 1. The van der Waals surface area contributed by atoms with Crippen molar-refractivity contribution in [2.75, 3.05) is 6.61 Å². The van der Waals surface area contributed by atoms with Crippen LogP contribution in [0.4, 0.5) is 0 Å². The Morgan fingerprint density at radius 3 is 2.70 bits per heavy atom. The molecule has 0 aliphatic carbocycles. The number of esters is 1. The third-order valence-corrected chi connectivity index (χ3v) is 3.18. The molecule has 1 aromatic carbocycles. The van der Waals surface area contributed by atoms with Gasteiger partial charge in [0.1, 0.15) is 17.2 Å². The van der Waals surface area contributed by atoms with Crippen LogP contribution in [0.2, 0.25) is 5.02 Å². The van der Waals surface area contributed by atoms with Crippen molar-refractivity contribution in [2.45, 2.75) is 45.6 Å². The Labute approximate surface area is 141 Å². The summed E-state index contributed by atoms with van der Waals surface area (Å²) in [5.41, 5.74) is 5.70. The smallest absolute Gasteiger partial charge is 0.306 e. The van der Waals surface area contributed by atoms with Crippen LogP contribution >= 0.6 is 11.6 Å². The molecule has 0 aliphatic rings.